The highest BCUT2D eigenvalue weighted by Crippen LogP contribution is 2.14. The number of halogens is 1. The van der Waals surface area contributed by atoms with E-state index in [0.29, 0.717) is 0 Å². The Morgan fingerprint density at radius 1 is 1.38 bits per heavy atom. The average Bonchev–Trinajstić information content (AvgIpc) is 2.52. The second-order valence-electron chi connectivity index (χ2n) is 2.94. The minimum Gasteiger partial charge on any atom is -0.241 e. The third-order valence-corrected chi connectivity index (χ3v) is 2.28. The van der Waals surface area contributed by atoms with Gasteiger partial charge in [0.25, 0.3) is 0 Å². The molecule has 13 heavy (non-hydrogen) atoms. The third kappa shape index (κ3) is 1.80. The van der Waals surface area contributed by atoms with E-state index in [1.54, 1.807) is 0 Å². The van der Waals surface area contributed by atoms with Gasteiger partial charge in [-0.25, -0.2) is 4.68 Å². The summed E-state index contributed by atoms with van der Waals surface area (Å²) < 4.78 is 2.93. The number of hydrogen-bond donors (Lipinski definition) is 0. The van der Waals surface area contributed by atoms with Gasteiger partial charge in [-0.05, 0) is 30.7 Å². The standard InChI is InChI=1S/C10H9BrN2/c1-8-6-12-13(7-8)10-4-2-3-9(11)5-10/h2-7H,1H3. The predicted molar refractivity (Wildman–Crippen MR) is 56.0 cm³/mol. The van der Waals surface area contributed by atoms with Crippen LogP contribution in [-0.4, -0.2) is 9.78 Å². The fourth-order valence-corrected chi connectivity index (χ4v) is 1.56. The monoisotopic (exact) mass is 236 g/mol. The van der Waals surface area contributed by atoms with E-state index in [4.69, 9.17) is 0 Å². The lowest BCUT2D eigenvalue weighted by atomic mass is 10.3. The maximum absolute atomic E-state index is 4.22. The third-order valence-electron chi connectivity index (χ3n) is 1.78. The first-order chi connectivity index (χ1) is 6.25. The van der Waals surface area contributed by atoms with E-state index in [1.165, 1.54) is 5.56 Å². The van der Waals surface area contributed by atoms with Crippen LogP contribution < -0.4 is 0 Å². The van der Waals surface area contributed by atoms with Gasteiger partial charge in [0.05, 0.1) is 11.9 Å². The van der Waals surface area contributed by atoms with E-state index in [9.17, 15) is 0 Å². The van der Waals surface area contributed by atoms with E-state index in [-0.39, 0.29) is 0 Å². The summed E-state index contributed by atoms with van der Waals surface area (Å²) in [4.78, 5) is 0. The molecule has 0 aliphatic heterocycles. The van der Waals surface area contributed by atoms with Crippen molar-refractivity contribution in [3.05, 3.63) is 46.7 Å². The Morgan fingerprint density at radius 3 is 2.85 bits per heavy atom. The second-order valence-corrected chi connectivity index (χ2v) is 3.86. The van der Waals surface area contributed by atoms with E-state index in [2.05, 4.69) is 21.0 Å². The number of aromatic nitrogens is 2. The minimum absolute atomic E-state index is 1.07. The number of rotatable bonds is 1. The van der Waals surface area contributed by atoms with E-state index in [0.717, 1.165) is 10.2 Å². The molecule has 0 atom stereocenters. The summed E-state index contributed by atoms with van der Waals surface area (Å²) >= 11 is 3.43. The topological polar surface area (TPSA) is 17.8 Å². The Morgan fingerprint density at radius 2 is 2.23 bits per heavy atom. The minimum atomic E-state index is 1.07. The highest BCUT2D eigenvalue weighted by Gasteiger charge is 1.97. The molecule has 2 rings (SSSR count). The van der Waals surface area contributed by atoms with Gasteiger partial charge < -0.3 is 0 Å². The molecular weight excluding hydrogens is 228 g/mol. The van der Waals surface area contributed by atoms with Crippen LogP contribution in [0.3, 0.4) is 0 Å². The summed E-state index contributed by atoms with van der Waals surface area (Å²) in [5.41, 5.74) is 2.24. The zero-order valence-electron chi connectivity index (χ0n) is 7.24. The highest BCUT2D eigenvalue weighted by molar-refractivity contribution is 9.10. The van der Waals surface area contributed by atoms with Crippen molar-refractivity contribution >= 4 is 15.9 Å². The zero-order chi connectivity index (χ0) is 9.26. The van der Waals surface area contributed by atoms with Crippen molar-refractivity contribution in [2.24, 2.45) is 0 Å². The predicted octanol–water partition coefficient (Wildman–Crippen LogP) is 2.94. The van der Waals surface area contributed by atoms with Crippen molar-refractivity contribution in [2.45, 2.75) is 6.92 Å². The Labute approximate surface area is 85.3 Å². The van der Waals surface area contributed by atoms with Gasteiger partial charge in [-0.2, -0.15) is 5.10 Å². The largest absolute Gasteiger partial charge is 0.241 e. The fourth-order valence-electron chi connectivity index (χ4n) is 1.17. The van der Waals surface area contributed by atoms with Crippen LogP contribution in [0.15, 0.2) is 41.1 Å². The Bertz CT molecular complexity index is 420. The van der Waals surface area contributed by atoms with Gasteiger partial charge in [-0.1, -0.05) is 22.0 Å². The molecule has 1 aromatic heterocycles. The number of benzene rings is 1. The molecule has 0 unspecified atom stereocenters. The first kappa shape index (κ1) is 8.51. The Hall–Kier alpha value is -1.09. The lowest BCUT2D eigenvalue weighted by Gasteiger charge is -2.00. The van der Waals surface area contributed by atoms with Crippen molar-refractivity contribution < 1.29 is 0 Å². The molecule has 0 amide bonds. The van der Waals surface area contributed by atoms with Gasteiger partial charge in [0, 0.05) is 10.7 Å². The van der Waals surface area contributed by atoms with Gasteiger partial charge in [0.2, 0.25) is 0 Å². The van der Waals surface area contributed by atoms with Crippen molar-refractivity contribution in [3.8, 4) is 5.69 Å². The van der Waals surface area contributed by atoms with E-state index < -0.39 is 0 Å². The van der Waals surface area contributed by atoms with Gasteiger partial charge in [0.15, 0.2) is 0 Å². The molecule has 0 fully saturated rings. The van der Waals surface area contributed by atoms with Crippen LogP contribution in [0.4, 0.5) is 0 Å². The van der Waals surface area contributed by atoms with E-state index >= 15 is 0 Å². The van der Waals surface area contributed by atoms with Crippen LogP contribution in [0.2, 0.25) is 0 Å². The summed E-state index contributed by atoms with van der Waals surface area (Å²) in [5.74, 6) is 0. The van der Waals surface area contributed by atoms with Crippen molar-refractivity contribution in [1.82, 2.24) is 9.78 Å². The molecule has 2 aromatic rings. The number of hydrogen-bond acceptors (Lipinski definition) is 1. The molecule has 0 N–H and O–H groups in total. The molecule has 1 heterocycles. The smallest absolute Gasteiger partial charge is 0.0656 e. The molecule has 0 saturated heterocycles. The van der Waals surface area contributed by atoms with Crippen LogP contribution in [0.1, 0.15) is 5.56 Å². The van der Waals surface area contributed by atoms with Crippen LogP contribution in [0.25, 0.3) is 5.69 Å². The molecule has 1 aromatic carbocycles. The summed E-state index contributed by atoms with van der Waals surface area (Å²) in [6.07, 6.45) is 3.85. The van der Waals surface area contributed by atoms with Gasteiger partial charge in [-0.15, -0.1) is 0 Å². The van der Waals surface area contributed by atoms with Crippen LogP contribution in [-0.2, 0) is 0 Å². The molecule has 66 valence electrons. The van der Waals surface area contributed by atoms with Crippen LogP contribution in [0, 0.1) is 6.92 Å². The summed E-state index contributed by atoms with van der Waals surface area (Å²) in [6.45, 7) is 2.03. The summed E-state index contributed by atoms with van der Waals surface area (Å²) in [7, 11) is 0. The maximum atomic E-state index is 4.22. The quantitative estimate of drug-likeness (QED) is 0.745. The van der Waals surface area contributed by atoms with Gasteiger partial charge in [0.1, 0.15) is 0 Å². The van der Waals surface area contributed by atoms with Crippen molar-refractivity contribution in [3.63, 3.8) is 0 Å². The summed E-state index contributed by atoms with van der Waals surface area (Å²) in [6, 6.07) is 8.06. The highest BCUT2D eigenvalue weighted by atomic mass is 79.9. The van der Waals surface area contributed by atoms with Crippen molar-refractivity contribution in [2.75, 3.05) is 0 Å². The number of aryl methyl sites for hydroxylation is 1. The molecule has 0 aliphatic rings. The molecule has 0 spiro atoms. The lowest BCUT2D eigenvalue weighted by Crippen LogP contribution is -1.92. The average molecular weight is 237 g/mol. The molecule has 3 heteroatoms. The maximum Gasteiger partial charge on any atom is 0.0656 e. The van der Waals surface area contributed by atoms with Crippen LogP contribution in [0.5, 0.6) is 0 Å². The Balaban J connectivity index is 2.46. The summed E-state index contributed by atoms with van der Waals surface area (Å²) in [5, 5.41) is 4.22. The first-order valence-electron chi connectivity index (χ1n) is 4.03. The van der Waals surface area contributed by atoms with Gasteiger partial charge in [-0.3, -0.25) is 0 Å². The fraction of sp³-hybridized carbons (Fsp3) is 0.100. The van der Waals surface area contributed by atoms with E-state index in [1.807, 2.05) is 48.3 Å². The molecule has 0 bridgehead atoms. The normalized spacial score (nSPS) is 10.3. The zero-order valence-corrected chi connectivity index (χ0v) is 8.82. The van der Waals surface area contributed by atoms with Crippen molar-refractivity contribution in [1.29, 1.82) is 0 Å². The van der Waals surface area contributed by atoms with Crippen LogP contribution >= 0.6 is 15.9 Å². The van der Waals surface area contributed by atoms with Gasteiger partial charge >= 0.3 is 0 Å². The molecule has 0 aliphatic carbocycles. The Kier molecular flexibility index (Phi) is 2.19. The molecule has 2 nitrogen and oxygen atoms in total. The number of nitrogens with zero attached hydrogens (tertiary/aromatic N) is 2. The molecule has 0 saturated carbocycles. The lowest BCUT2D eigenvalue weighted by molar-refractivity contribution is 0.879. The molecule has 0 radical (unpaired) electrons. The SMILES string of the molecule is Cc1cnn(-c2cccc(Br)c2)c1. The molecular formula is C10H9BrN2. The second kappa shape index (κ2) is 3.34. The first-order valence-corrected chi connectivity index (χ1v) is 4.82.